The Balaban J connectivity index is 2.36. The first kappa shape index (κ1) is 15.7. The molecular weight excluding hydrogens is 256 g/mol. The number of hydrogen-bond acceptors (Lipinski definition) is 2. The van der Waals surface area contributed by atoms with Crippen molar-refractivity contribution in [2.45, 2.75) is 47.1 Å². The van der Waals surface area contributed by atoms with Gasteiger partial charge < -0.3 is 5.32 Å². The van der Waals surface area contributed by atoms with Gasteiger partial charge in [-0.15, -0.1) is 0 Å². The van der Waals surface area contributed by atoms with Crippen molar-refractivity contribution in [3.8, 4) is 0 Å². The second-order valence-electron chi connectivity index (χ2n) is 5.92. The molecule has 1 unspecified atom stereocenters. The smallest absolute Gasteiger partial charge is 0.0378 e. The number of benzene rings is 1. The second-order valence-corrected chi connectivity index (χ2v) is 5.92. The Hall–Kier alpha value is -1.67. The molecule has 1 heterocycles. The van der Waals surface area contributed by atoms with Gasteiger partial charge in [0.15, 0.2) is 0 Å². The maximum atomic E-state index is 4.31. The summed E-state index contributed by atoms with van der Waals surface area (Å²) in [6, 6.07) is 6.97. The van der Waals surface area contributed by atoms with E-state index in [1.807, 2.05) is 12.4 Å². The summed E-state index contributed by atoms with van der Waals surface area (Å²) in [5, 5.41) is 3.62. The van der Waals surface area contributed by atoms with Gasteiger partial charge in [0, 0.05) is 18.4 Å². The molecule has 2 rings (SSSR count). The molecule has 0 aliphatic carbocycles. The molecule has 0 saturated heterocycles. The van der Waals surface area contributed by atoms with Gasteiger partial charge in [-0.2, -0.15) is 0 Å². The first-order chi connectivity index (χ1) is 10.0. The summed E-state index contributed by atoms with van der Waals surface area (Å²) in [7, 11) is 0. The molecule has 1 atom stereocenters. The summed E-state index contributed by atoms with van der Waals surface area (Å²) >= 11 is 0. The monoisotopic (exact) mass is 282 g/mol. The van der Waals surface area contributed by atoms with Crippen LogP contribution in [0.15, 0.2) is 30.6 Å². The highest BCUT2D eigenvalue weighted by Gasteiger charge is 2.16. The van der Waals surface area contributed by atoms with Crippen molar-refractivity contribution < 1.29 is 0 Å². The van der Waals surface area contributed by atoms with Crippen molar-refractivity contribution in [2.75, 3.05) is 6.54 Å². The Labute approximate surface area is 128 Å². The van der Waals surface area contributed by atoms with Gasteiger partial charge in [-0.25, -0.2) is 0 Å². The fraction of sp³-hybridized carbons (Fsp3) is 0.421. The first-order valence-electron chi connectivity index (χ1n) is 7.73. The predicted molar refractivity (Wildman–Crippen MR) is 89.7 cm³/mol. The molecule has 2 nitrogen and oxygen atoms in total. The van der Waals surface area contributed by atoms with Crippen LogP contribution in [0.5, 0.6) is 0 Å². The zero-order valence-corrected chi connectivity index (χ0v) is 13.8. The van der Waals surface area contributed by atoms with E-state index in [9.17, 15) is 0 Å². The topological polar surface area (TPSA) is 24.9 Å². The summed E-state index contributed by atoms with van der Waals surface area (Å²) < 4.78 is 0. The summed E-state index contributed by atoms with van der Waals surface area (Å²) in [6.07, 6.45) is 4.88. The van der Waals surface area contributed by atoms with Gasteiger partial charge in [0.25, 0.3) is 0 Å². The highest BCUT2D eigenvalue weighted by atomic mass is 14.9. The maximum absolute atomic E-state index is 4.31. The molecule has 1 N–H and O–H groups in total. The average Bonchev–Trinajstić information content (AvgIpc) is 2.42. The molecule has 0 saturated carbocycles. The second kappa shape index (κ2) is 6.86. The Bertz CT molecular complexity index is 594. The third-order valence-corrected chi connectivity index (χ3v) is 4.15. The summed E-state index contributed by atoms with van der Waals surface area (Å²) in [6.45, 7) is 11.9. The molecule has 0 amide bonds. The predicted octanol–water partition coefficient (Wildman–Crippen LogP) is 4.21. The highest BCUT2D eigenvalue weighted by Crippen LogP contribution is 2.25. The highest BCUT2D eigenvalue weighted by molar-refractivity contribution is 5.39. The van der Waals surface area contributed by atoms with E-state index >= 15 is 0 Å². The fourth-order valence-electron chi connectivity index (χ4n) is 3.12. The van der Waals surface area contributed by atoms with Crippen LogP contribution in [0.1, 0.15) is 46.3 Å². The lowest BCUT2D eigenvalue weighted by Crippen LogP contribution is -2.24. The molecule has 21 heavy (non-hydrogen) atoms. The van der Waals surface area contributed by atoms with Crippen molar-refractivity contribution in [2.24, 2.45) is 0 Å². The van der Waals surface area contributed by atoms with Crippen LogP contribution in [0, 0.1) is 27.7 Å². The number of pyridine rings is 1. The lowest BCUT2D eigenvalue weighted by molar-refractivity contribution is 0.543. The number of likely N-dealkylation sites (N-methyl/N-ethyl adjacent to an activating group) is 1. The summed E-state index contributed by atoms with van der Waals surface area (Å²) in [5.41, 5.74) is 8.17. The standard InChI is InChI=1S/C19H26N2/c1-6-21-19(18-12-20-8-7-14(18)3)11-17-15(4)9-13(2)10-16(17)5/h7-10,12,19,21H,6,11H2,1-5H3. The number of hydrogen-bond donors (Lipinski definition) is 1. The van der Waals surface area contributed by atoms with E-state index in [1.165, 1.54) is 33.4 Å². The molecule has 112 valence electrons. The van der Waals surface area contributed by atoms with Crippen molar-refractivity contribution in [3.05, 3.63) is 64.0 Å². The zero-order chi connectivity index (χ0) is 15.4. The molecule has 2 heteroatoms. The molecule has 0 fully saturated rings. The van der Waals surface area contributed by atoms with E-state index in [0.29, 0.717) is 6.04 Å². The molecule has 0 spiro atoms. The Kier molecular flexibility index (Phi) is 5.13. The van der Waals surface area contributed by atoms with Crippen molar-refractivity contribution in [3.63, 3.8) is 0 Å². The van der Waals surface area contributed by atoms with Gasteiger partial charge in [0.1, 0.15) is 0 Å². The average molecular weight is 282 g/mol. The van der Waals surface area contributed by atoms with Gasteiger partial charge in [-0.05, 0) is 74.5 Å². The SMILES string of the molecule is CCNC(Cc1c(C)cc(C)cc1C)c1cnccc1C. The van der Waals surface area contributed by atoms with Crippen LogP contribution in [-0.2, 0) is 6.42 Å². The van der Waals surface area contributed by atoms with Crippen LogP contribution in [-0.4, -0.2) is 11.5 Å². The van der Waals surface area contributed by atoms with Gasteiger partial charge in [-0.3, -0.25) is 4.98 Å². The third-order valence-electron chi connectivity index (χ3n) is 4.15. The van der Waals surface area contributed by atoms with E-state index in [1.54, 1.807) is 0 Å². The minimum absolute atomic E-state index is 0.323. The van der Waals surface area contributed by atoms with Crippen LogP contribution >= 0.6 is 0 Å². The van der Waals surface area contributed by atoms with E-state index in [4.69, 9.17) is 0 Å². The third kappa shape index (κ3) is 3.70. The fourth-order valence-corrected chi connectivity index (χ4v) is 3.12. The number of rotatable bonds is 5. The van der Waals surface area contributed by atoms with Crippen molar-refractivity contribution in [1.82, 2.24) is 10.3 Å². The molecule has 0 bridgehead atoms. The Morgan fingerprint density at radius 3 is 2.29 bits per heavy atom. The molecule has 1 aromatic carbocycles. The van der Waals surface area contributed by atoms with Crippen LogP contribution in [0.4, 0.5) is 0 Å². The lowest BCUT2D eigenvalue weighted by Gasteiger charge is -2.22. The molecular formula is C19H26N2. The van der Waals surface area contributed by atoms with Crippen molar-refractivity contribution in [1.29, 1.82) is 0 Å². The van der Waals surface area contributed by atoms with Crippen molar-refractivity contribution >= 4 is 0 Å². The number of nitrogens with zero attached hydrogens (tertiary/aromatic N) is 1. The van der Waals surface area contributed by atoms with Crippen LogP contribution in [0.25, 0.3) is 0 Å². The summed E-state index contributed by atoms with van der Waals surface area (Å²) in [5.74, 6) is 0. The molecule has 0 aliphatic rings. The van der Waals surface area contributed by atoms with E-state index < -0.39 is 0 Å². The Morgan fingerprint density at radius 2 is 1.71 bits per heavy atom. The van der Waals surface area contributed by atoms with Gasteiger partial charge in [-0.1, -0.05) is 24.6 Å². The molecule has 2 aromatic rings. The quantitative estimate of drug-likeness (QED) is 0.888. The minimum Gasteiger partial charge on any atom is -0.310 e. The number of nitrogens with one attached hydrogen (secondary N) is 1. The van der Waals surface area contributed by atoms with Gasteiger partial charge >= 0.3 is 0 Å². The number of aromatic nitrogens is 1. The Morgan fingerprint density at radius 1 is 1.05 bits per heavy atom. The zero-order valence-electron chi connectivity index (χ0n) is 13.8. The summed E-state index contributed by atoms with van der Waals surface area (Å²) in [4.78, 5) is 4.31. The molecule has 0 aliphatic heterocycles. The first-order valence-corrected chi connectivity index (χ1v) is 7.73. The van der Waals surface area contributed by atoms with E-state index in [2.05, 4.69) is 63.1 Å². The maximum Gasteiger partial charge on any atom is 0.0378 e. The van der Waals surface area contributed by atoms with Gasteiger partial charge in [0.2, 0.25) is 0 Å². The molecule has 0 radical (unpaired) electrons. The molecule has 1 aromatic heterocycles. The van der Waals surface area contributed by atoms with Gasteiger partial charge in [0.05, 0.1) is 0 Å². The largest absolute Gasteiger partial charge is 0.310 e. The normalized spacial score (nSPS) is 12.4. The number of aryl methyl sites for hydroxylation is 4. The van der Waals surface area contributed by atoms with E-state index in [0.717, 1.165) is 13.0 Å². The lowest BCUT2D eigenvalue weighted by atomic mass is 9.91. The van der Waals surface area contributed by atoms with E-state index in [-0.39, 0.29) is 0 Å². The van der Waals surface area contributed by atoms with Crippen LogP contribution in [0.2, 0.25) is 0 Å². The van der Waals surface area contributed by atoms with Crippen LogP contribution < -0.4 is 5.32 Å². The van der Waals surface area contributed by atoms with Crippen LogP contribution in [0.3, 0.4) is 0 Å². The minimum atomic E-state index is 0.323.